The Morgan fingerprint density at radius 1 is 1.47 bits per heavy atom. The first-order valence-corrected chi connectivity index (χ1v) is 4.45. The van der Waals surface area contributed by atoms with Gasteiger partial charge in [-0.2, -0.15) is 5.10 Å². The Morgan fingerprint density at radius 2 is 2.27 bits per heavy atom. The second-order valence-electron chi connectivity index (χ2n) is 2.78. The van der Waals surface area contributed by atoms with Crippen LogP contribution in [0.1, 0.15) is 10.4 Å². The molecule has 0 bridgehead atoms. The van der Waals surface area contributed by atoms with Crippen molar-refractivity contribution >= 4 is 17.6 Å². The third-order valence-corrected chi connectivity index (χ3v) is 2.19. The van der Waals surface area contributed by atoms with Gasteiger partial charge in [0, 0.05) is 0 Å². The lowest BCUT2D eigenvalue weighted by atomic mass is 10.2. The number of benzene rings is 1. The van der Waals surface area contributed by atoms with Crippen LogP contribution < -0.4 is 0 Å². The van der Waals surface area contributed by atoms with Crippen LogP contribution in [0.15, 0.2) is 30.9 Å². The van der Waals surface area contributed by atoms with E-state index in [1.165, 1.54) is 23.4 Å². The zero-order chi connectivity index (χ0) is 10.8. The molecule has 1 N–H and O–H groups in total. The molecule has 0 aliphatic carbocycles. The van der Waals surface area contributed by atoms with Crippen LogP contribution in [-0.4, -0.2) is 25.8 Å². The lowest BCUT2D eigenvalue weighted by Crippen LogP contribution is -2.06. The van der Waals surface area contributed by atoms with E-state index in [9.17, 15) is 4.79 Å². The van der Waals surface area contributed by atoms with E-state index in [0.717, 1.165) is 0 Å². The van der Waals surface area contributed by atoms with E-state index in [0.29, 0.717) is 5.69 Å². The minimum absolute atomic E-state index is 0.0182. The van der Waals surface area contributed by atoms with Crippen LogP contribution in [0.5, 0.6) is 0 Å². The molecule has 0 aliphatic heterocycles. The molecular weight excluding hydrogens is 218 g/mol. The average Bonchev–Trinajstić information content (AvgIpc) is 2.69. The second-order valence-corrected chi connectivity index (χ2v) is 3.19. The molecule has 0 saturated carbocycles. The average molecular weight is 224 g/mol. The SMILES string of the molecule is O=C(O)c1c(Cl)cccc1-n1cncn1. The van der Waals surface area contributed by atoms with Crippen LogP contribution in [0.3, 0.4) is 0 Å². The van der Waals surface area contributed by atoms with Crippen molar-refractivity contribution in [1.82, 2.24) is 14.8 Å². The van der Waals surface area contributed by atoms with E-state index in [1.807, 2.05) is 0 Å². The third-order valence-electron chi connectivity index (χ3n) is 1.87. The molecule has 0 radical (unpaired) electrons. The summed E-state index contributed by atoms with van der Waals surface area (Å²) in [6.45, 7) is 0. The molecule has 76 valence electrons. The number of hydrogen-bond acceptors (Lipinski definition) is 3. The van der Waals surface area contributed by atoms with Gasteiger partial charge in [0.25, 0.3) is 0 Å². The zero-order valence-electron chi connectivity index (χ0n) is 7.46. The van der Waals surface area contributed by atoms with Gasteiger partial charge in [-0.1, -0.05) is 17.7 Å². The first-order chi connectivity index (χ1) is 7.20. The number of carboxylic acids is 1. The van der Waals surface area contributed by atoms with Gasteiger partial charge < -0.3 is 5.11 Å². The molecule has 0 spiro atoms. The third kappa shape index (κ3) is 1.69. The number of carbonyl (C=O) groups is 1. The summed E-state index contributed by atoms with van der Waals surface area (Å²) in [5.41, 5.74) is 0.414. The van der Waals surface area contributed by atoms with Crippen molar-refractivity contribution < 1.29 is 9.90 Å². The van der Waals surface area contributed by atoms with Gasteiger partial charge in [-0.15, -0.1) is 0 Å². The molecule has 5 nitrogen and oxygen atoms in total. The summed E-state index contributed by atoms with van der Waals surface area (Å²) in [6.07, 6.45) is 2.74. The van der Waals surface area contributed by atoms with E-state index in [1.54, 1.807) is 12.1 Å². The quantitative estimate of drug-likeness (QED) is 0.840. The van der Waals surface area contributed by atoms with Crippen molar-refractivity contribution in [2.45, 2.75) is 0 Å². The highest BCUT2D eigenvalue weighted by atomic mass is 35.5. The van der Waals surface area contributed by atoms with Crippen molar-refractivity contribution in [1.29, 1.82) is 0 Å². The number of carboxylic acid groups (broad SMARTS) is 1. The fourth-order valence-corrected chi connectivity index (χ4v) is 1.50. The Morgan fingerprint density at radius 3 is 2.87 bits per heavy atom. The Balaban J connectivity index is 2.66. The maximum absolute atomic E-state index is 11.0. The molecule has 2 rings (SSSR count). The normalized spacial score (nSPS) is 10.2. The largest absolute Gasteiger partial charge is 0.478 e. The van der Waals surface area contributed by atoms with Gasteiger partial charge in [0.05, 0.1) is 10.7 Å². The molecule has 2 aromatic rings. The van der Waals surface area contributed by atoms with E-state index in [2.05, 4.69) is 10.1 Å². The van der Waals surface area contributed by atoms with Crippen LogP contribution in [0.4, 0.5) is 0 Å². The number of rotatable bonds is 2. The monoisotopic (exact) mass is 223 g/mol. The Hall–Kier alpha value is -1.88. The van der Waals surface area contributed by atoms with Crippen LogP contribution in [0.2, 0.25) is 5.02 Å². The summed E-state index contributed by atoms with van der Waals surface area (Å²) in [5, 5.41) is 13.0. The van der Waals surface area contributed by atoms with Crippen LogP contribution >= 0.6 is 11.6 Å². The topological polar surface area (TPSA) is 68.0 Å². The van der Waals surface area contributed by atoms with Crippen molar-refractivity contribution in [3.63, 3.8) is 0 Å². The zero-order valence-corrected chi connectivity index (χ0v) is 8.22. The molecule has 1 heterocycles. The minimum Gasteiger partial charge on any atom is -0.478 e. The summed E-state index contributed by atoms with van der Waals surface area (Å²) < 4.78 is 1.36. The fraction of sp³-hybridized carbons (Fsp3) is 0. The summed E-state index contributed by atoms with van der Waals surface area (Å²) in [4.78, 5) is 14.7. The predicted octanol–water partition coefficient (Wildman–Crippen LogP) is 1.62. The van der Waals surface area contributed by atoms with Gasteiger partial charge in [-0.25, -0.2) is 14.5 Å². The van der Waals surface area contributed by atoms with Crippen LogP contribution in [-0.2, 0) is 0 Å². The molecule has 0 saturated heterocycles. The van der Waals surface area contributed by atoms with Crippen molar-refractivity contribution in [2.24, 2.45) is 0 Å². The number of aromatic nitrogens is 3. The van der Waals surface area contributed by atoms with E-state index < -0.39 is 5.97 Å². The van der Waals surface area contributed by atoms with Gasteiger partial charge in [0.2, 0.25) is 0 Å². The lowest BCUT2D eigenvalue weighted by molar-refractivity contribution is 0.0697. The molecule has 1 aromatic carbocycles. The van der Waals surface area contributed by atoms with Gasteiger partial charge in [-0.05, 0) is 12.1 Å². The van der Waals surface area contributed by atoms with Crippen LogP contribution in [0.25, 0.3) is 5.69 Å². The molecule has 0 aliphatic rings. The summed E-state index contributed by atoms with van der Waals surface area (Å²) >= 11 is 5.80. The Labute approximate surface area is 89.9 Å². The Kier molecular flexibility index (Phi) is 2.39. The van der Waals surface area contributed by atoms with Crippen molar-refractivity contribution in [2.75, 3.05) is 0 Å². The molecule has 0 unspecified atom stereocenters. The summed E-state index contributed by atoms with van der Waals surface area (Å²) in [7, 11) is 0. The van der Waals surface area contributed by atoms with Gasteiger partial charge in [-0.3, -0.25) is 0 Å². The van der Waals surface area contributed by atoms with Crippen molar-refractivity contribution in [3.8, 4) is 5.69 Å². The van der Waals surface area contributed by atoms with Gasteiger partial charge in [0.15, 0.2) is 0 Å². The number of halogens is 1. The highest BCUT2D eigenvalue weighted by molar-refractivity contribution is 6.34. The summed E-state index contributed by atoms with van der Waals surface area (Å²) in [6, 6.07) is 4.79. The summed E-state index contributed by atoms with van der Waals surface area (Å²) in [5.74, 6) is -1.09. The first-order valence-electron chi connectivity index (χ1n) is 4.07. The molecule has 1 aromatic heterocycles. The van der Waals surface area contributed by atoms with Gasteiger partial charge in [0.1, 0.15) is 18.2 Å². The maximum atomic E-state index is 11.0. The molecular formula is C9H6ClN3O2. The highest BCUT2D eigenvalue weighted by Gasteiger charge is 2.15. The molecule has 15 heavy (non-hydrogen) atoms. The lowest BCUT2D eigenvalue weighted by Gasteiger charge is -2.06. The maximum Gasteiger partial charge on any atom is 0.339 e. The first kappa shape index (κ1) is 9.67. The molecule has 0 amide bonds. The number of aromatic carboxylic acids is 1. The molecule has 0 fully saturated rings. The number of hydrogen-bond donors (Lipinski definition) is 1. The van der Waals surface area contributed by atoms with E-state index in [4.69, 9.17) is 16.7 Å². The van der Waals surface area contributed by atoms with Crippen molar-refractivity contribution in [3.05, 3.63) is 41.4 Å². The smallest absolute Gasteiger partial charge is 0.339 e. The second kappa shape index (κ2) is 3.70. The fourth-order valence-electron chi connectivity index (χ4n) is 1.25. The minimum atomic E-state index is -1.09. The predicted molar refractivity (Wildman–Crippen MR) is 53.3 cm³/mol. The highest BCUT2D eigenvalue weighted by Crippen LogP contribution is 2.22. The van der Waals surface area contributed by atoms with Gasteiger partial charge >= 0.3 is 5.97 Å². The molecule has 6 heteroatoms. The van der Waals surface area contributed by atoms with E-state index >= 15 is 0 Å². The molecule has 0 atom stereocenters. The van der Waals surface area contributed by atoms with Crippen LogP contribution in [0, 0.1) is 0 Å². The number of nitrogens with zero attached hydrogens (tertiary/aromatic N) is 3. The Bertz CT molecular complexity index is 496. The van der Waals surface area contributed by atoms with E-state index in [-0.39, 0.29) is 10.6 Å². The standard InChI is InChI=1S/C9H6ClN3O2/c10-6-2-1-3-7(8(6)9(14)15)13-5-11-4-12-13/h1-5H,(H,14,15).